The second-order valence-electron chi connectivity index (χ2n) is 5.60. The number of amides is 1. The second kappa shape index (κ2) is 6.60. The number of nitrogens with zero attached hydrogens (tertiary/aromatic N) is 2. The average Bonchev–Trinajstić information content (AvgIpc) is 2.58. The van der Waals surface area contributed by atoms with Gasteiger partial charge in [-0.1, -0.05) is 36.4 Å². The van der Waals surface area contributed by atoms with E-state index in [0.717, 1.165) is 17.7 Å². The molecule has 1 amide bonds. The molecule has 1 fully saturated rings. The molecule has 1 aromatic heterocycles. The maximum Gasteiger partial charge on any atom is 0.222 e. The van der Waals surface area contributed by atoms with Crippen LogP contribution in [0, 0.1) is 0 Å². The first-order chi connectivity index (χ1) is 10.8. The van der Waals surface area contributed by atoms with Gasteiger partial charge in [-0.25, -0.2) is 4.98 Å². The van der Waals surface area contributed by atoms with Crippen LogP contribution in [0.3, 0.4) is 0 Å². The summed E-state index contributed by atoms with van der Waals surface area (Å²) in [4.78, 5) is 18.6. The number of ether oxygens (including phenoxy) is 1. The molecule has 0 N–H and O–H groups in total. The number of aromatic nitrogens is 1. The van der Waals surface area contributed by atoms with Gasteiger partial charge in [0.2, 0.25) is 11.8 Å². The number of likely N-dealkylation sites (tertiary alicyclic amines) is 1. The van der Waals surface area contributed by atoms with Crippen molar-refractivity contribution in [2.45, 2.75) is 25.3 Å². The highest BCUT2D eigenvalue weighted by Gasteiger charge is 2.27. The molecular weight excluding hydrogens is 276 g/mol. The zero-order valence-corrected chi connectivity index (χ0v) is 12.7. The van der Waals surface area contributed by atoms with Crippen molar-refractivity contribution in [2.75, 3.05) is 13.7 Å². The molecule has 1 unspecified atom stereocenters. The number of rotatable bonds is 4. The third-order valence-corrected chi connectivity index (χ3v) is 4.09. The molecule has 0 spiro atoms. The fourth-order valence-corrected chi connectivity index (χ4v) is 2.88. The summed E-state index contributed by atoms with van der Waals surface area (Å²) in [7, 11) is 1.62. The summed E-state index contributed by atoms with van der Waals surface area (Å²) in [6, 6.07) is 15.9. The quantitative estimate of drug-likeness (QED) is 0.871. The summed E-state index contributed by atoms with van der Waals surface area (Å²) in [5.74, 6) is 1.13. The predicted octanol–water partition coefficient (Wildman–Crippen LogP) is 3.00. The highest BCUT2D eigenvalue weighted by Crippen LogP contribution is 2.28. The van der Waals surface area contributed by atoms with Crippen molar-refractivity contribution in [1.29, 1.82) is 0 Å². The number of methoxy groups -OCH3 is 1. The molecule has 4 nitrogen and oxygen atoms in total. The molecule has 1 aliphatic rings. The molecule has 1 aromatic carbocycles. The predicted molar refractivity (Wildman–Crippen MR) is 84.6 cm³/mol. The summed E-state index contributed by atoms with van der Waals surface area (Å²) in [5.41, 5.74) is 2.17. The van der Waals surface area contributed by atoms with E-state index in [4.69, 9.17) is 4.74 Å². The maximum absolute atomic E-state index is 12.2. The Hall–Kier alpha value is -2.36. The molecule has 0 aliphatic carbocycles. The average molecular weight is 296 g/mol. The Morgan fingerprint density at radius 3 is 2.77 bits per heavy atom. The number of carbonyl (C=O) groups is 1. The summed E-state index contributed by atoms with van der Waals surface area (Å²) < 4.78 is 5.20. The zero-order valence-electron chi connectivity index (χ0n) is 12.7. The van der Waals surface area contributed by atoms with E-state index in [1.165, 1.54) is 0 Å². The van der Waals surface area contributed by atoms with Gasteiger partial charge >= 0.3 is 0 Å². The molecule has 114 valence electrons. The van der Waals surface area contributed by atoms with Crippen LogP contribution in [0.2, 0.25) is 0 Å². The minimum absolute atomic E-state index is 0.225. The van der Waals surface area contributed by atoms with Crippen molar-refractivity contribution in [1.82, 2.24) is 9.88 Å². The Morgan fingerprint density at radius 2 is 2.00 bits per heavy atom. The third kappa shape index (κ3) is 3.27. The second-order valence-corrected chi connectivity index (χ2v) is 5.60. The van der Waals surface area contributed by atoms with Crippen molar-refractivity contribution in [3.63, 3.8) is 0 Å². The smallest absolute Gasteiger partial charge is 0.222 e. The van der Waals surface area contributed by atoms with Crippen LogP contribution >= 0.6 is 0 Å². The van der Waals surface area contributed by atoms with E-state index in [9.17, 15) is 4.79 Å². The van der Waals surface area contributed by atoms with E-state index in [1.807, 2.05) is 41.3 Å². The number of hydrogen-bond acceptors (Lipinski definition) is 3. The van der Waals surface area contributed by atoms with Crippen LogP contribution in [-0.4, -0.2) is 29.4 Å². The van der Waals surface area contributed by atoms with Gasteiger partial charge < -0.3 is 9.64 Å². The van der Waals surface area contributed by atoms with Crippen molar-refractivity contribution < 1.29 is 9.53 Å². The number of hydrogen-bond donors (Lipinski definition) is 0. The van der Waals surface area contributed by atoms with Crippen LogP contribution in [0.1, 0.15) is 30.0 Å². The van der Waals surface area contributed by atoms with Crippen LogP contribution in [0.15, 0.2) is 48.5 Å². The van der Waals surface area contributed by atoms with Crippen LogP contribution < -0.4 is 4.74 Å². The normalized spacial score (nSPS) is 18.3. The fourth-order valence-electron chi connectivity index (χ4n) is 2.88. The van der Waals surface area contributed by atoms with E-state index < -0.39 is 0 Å². The molecule has 2 aromatic rings. The van der Waals surface area contributed by atoms with Gasteiger partial charge in [0.25, 0.3) is 0 Å². The summed E-state index contributed by atoms with van der Waals surface area (Å²) in [5, 5.41) is 0. The molecule has 2 heterocycles. The van der Waals surface area contributed by atoms with E-state index in [1.54, 1.807) is 7.11 Å². The topological polar surface area (TPSA) is 42.4 Å². The standard InChI is InChI=1S/C18H20N2O2/c1-22-17-9-5-8-16(19-17)15-10-11-18(21)20(13-15)12-14-6-3-2-4-7-14/h2-9,15H,10-13H2,1H3. The van der Waals surface area contributed by atoms with Gasteiger partial charge in [0.1, 0.15) is 0 Å². The van der Waals surface area contributed by atoms with E-state index in [-0.39, 0.29) is 11.8 Å². The first-order valence-electron chi connectivity index (χ1n) is 7.59. The Kier molecular flexibility index (Phi) is 4.37. The van der Waals surface area contributed by atoms with Gasteiger partial charge in [-0.15, -0.1) is 0 Å². The van der Waals surface area contributed by atoms with Gasteiger partial charge in [-0.3, -0.25) is 4.79 Å². The molecule has 0 saturated carbocycles. The molecule has 1 saturated heterocycles. The van der Waals surface area contributed by atoms with E-state index in [2.05, 4.69) is 17.1 Å². The van der Waals surface area contributed by atoms with Crippen LogP contribution in [-0.2, 0) is 11.3 Å². The molecular formula is C18H20N2O2. The lowest BCUT2D eigenvalue weighted by Crippen LogP contribution is -2.38. The van der Waals surface area contributed by atoms with Crippen LogP contribution in [0.4, 0.5) is 0 Å². The SMILES string of the molecule is COc1cccc(C2CCC(=O)N(Cc3ccccc3)C2)n1. The van der Waals surface area contributed by atoms with Crippen LogP contribution in [0.5, 0.6) is 5.88 Å². The van der Waals surface area contributed by atoms with Gasteiger partial charge in [0, 0.05) is 37.2 Å². The molecule has 22 heavy (non-hydrogen) atoms. The monoisotopic (exact) mass is 296 g/mol. The molecule has 0 bridgehead atoms. The van der Waals surface area contributed by atoms with Crippen LogP contribution in [0.25, 0.3) is 0 Å². The zero-order chi connectivity index (χ0) is 15.4. The van der Waals surface area contributed by atoms with E-state index >= 15 is 0 Å². The largest absolute Gasteiger partial charge is 0.481 e. The summed E-state index contributed by atoms with van der Waals surface area (Å²) >= 11 is 0. The number of pyridine rings is 1. The van der Waals surface area contributed by atoms with Gasteiger partial charge in [-0.05, 0) is 18.1 Å². The number of piperidine rings is 1. The number of benzene rings is 1. The first kappa shape index (κ1) is 14.6. The lowest BCUT2D eigenvalue weighted by molar-refractivity contribution is -0.134. The first-order valence-corrected chi connectivity index (χ1v) is 7.59. The van der Waals surface area contributed by atoms with E-state index in [0.29, 0.717) is 25.4 Å². The Labute approximate surface area is 130 Å². The molecule has 0 radical (unpaired) electrons. The van der Waals surface area contributed by atoms with Gasteiger partial charge in [0.15, 0.2) is 0 Å². The third-order valence-electron chi connectivity index (χ3n) is 4.09. The van der Waals surface area contributed by atoms with Crippen molar-refractivity contribution in [3.8, 4) is 5.88 Å². The summed E-state index contributed by atoms with van der Waals surface area (Å²) in [6.07, 6.45) is 1.43. The van der Waals surface area contributed by atoms with Crippen molar-refractivity contribution >= 4 is 5.91 Å². The van der Waals surface area contributed by atoms with Gasteiger partial charge in [0.05, 0.1) is 7.11 Å². The summed E-state index contributed by atoms with van der Waals surface area (Å²) in [6.45, 7) is 1.38. The molecule has 1 atom stereocenters. The Bertz CT molecular complexity index is 643. The maximum atomic E-state index is 12.2. The Morgan fingerprint density at radius 1 is 1.18 bits per heavy atom. The Balaban J connectivity index is 1.74. The molecule has 4 heteroatoms. The van der Waals surface area contributed by atoms with Crippen molar-refractivity contribution in [2.24, 2.45) is 0 Å². The number of carbonyl (C=O) groups excluding carboxylic acids is 1. The molecule has 1 aliphatic heterocycles. The molecule has 3 rings (SSSR count). The highest BCUT2D eigenvalue weighted by molar-refractivity contribution is 5.77. The lowest BCUT2D eigenvalue weighted by Gasteiger charge is -2.32. The minimum atomic E-state index is 0.225. The fraction of sp³-hybridized carbons (Fsp3) is 0.333. The highest BCUT2D eigenvalue weighted by atomic mass is 16.5. The minimum Gasteiger partial charge on any atom is -0.481 e. The van der Waals surface area contributed by atoms with Crippen molar-refractivity contribution in [3.05, 3.63) is 59.8 Å². The lowest BCUT2D eigenvalue weighted by atomic mass is 9.93. The van der Waals surface area contributed by atoms with Gasteiger partial charge in [-0.2, -0.15) is 0 Å².